The van der Waals surface area contributed by atoms with Crippen LogP contribution in [0.2, 0.25) is 0 Å². The Balaban J connectivity index is 2.34. The van der Waals surface area contributed by atoms with E-state index in [-0.39, 0.29) is 10.6 Å². The van der Waals surface area contributed by atoms with Gasteiger partial charge in [-0.3, -0.25) is 0 Å². The van der Waals surface area contributed by atoms with E-state index in [1.165, 1.54) is 18.3 Å². The van der Waals surface area contributed by atoms with E-state index in [9.17, 15) is 8.42 Å². The molecule has 1 aromatic heterocycles. The molecule has 0 aromatic carbocycles. The smallest absolute Gasteiger partial charge is 0.244 e. The minimum atomic E-state index is -3.76. The third-order valence-corrected chi connectivity index (χ3v) is 4.44. The second kappa shape index (κ2) is 4.65. The van der Waals surface area contributed by atoms with Crippen LogP contribution >= 0.6 is 0 Å². The molecule has 0 saturated carbocycles. The zero-order valence-electron chi connectivity index (χ0n) is 9.88. The number of hydrogen-bond donors (Lipinski definition) is 1. The van der Waals surface area contributed by atoms with Crippen molar-refractivity contribution < 1.29 is 13.2 Å². The van der Waals surface area contributed by atoms with E-state index in [0.29, 0.717) is 19.6 Å². The monoisotopic (exact) mass is 267 g/mol. The normalized spacial score (nSPS) is 23.8. The highest BCUT2D eigenvalue weighted by molar-refractivity contribution is 7.89. The summed E-state index contributed by atoms with van der Waals surface area (Å²) >= 11 is 0. The fourth-order valence-corrected chi connectivity index (χ4v) is 3.35. The van der Waals surface area contributed by atoms with Gasteiger partial charge in [-0.05, 0) is 25.5 Å². The van der Waals surface area contributed by atoms with E-state index in [1.54, 1.807) is 13.0 Å². The van der Waals surface area contributed by atoms with E-state index in [2.05, 4.69) is 9.71 Å². The zero-order valence-corrected chi connectivity index (χ0v) is 10.7. The molecule has 1 aliphatic rings. The minimum absolute atomic E-state index is 0.0966. The lowest BCUT2D eigenvalue weighted by atomic mass is 10.0. The minimum Gasteiger partial charge on any atom is -0.379 e. The molecule has 6 nitrogen and oxygen atoms in total. The lowest BCUT2D eigenvalue weighted by Gasteiger charge is -2.23. The van der Waals surface area contributed by atoms with Crippen molar-refractivity contribution in [2.45, 2.75) is 23.8 Å². The predicted octanol–water partition coefficient (Wildman–Crippen LogP) is 0.411. The average Bonchev–Trinajstić information content (AvgIpc) is 2.74. The van der Waals surface area contributed by atoms with E-state index in [0.717, 1.165) is 0 Å². The highest BCUT2D eigenvalue weighted by Gasteiger charge is 2.35. The van der Waals surface area contributed by atoms with Gasteiger partial charge in [-0.1, -0.05) is 0 Å². The van der Waals surface area contributed by atoms with Crippen LogP contribution in [0.3, 0.4) is 0 Å². The van der Waals surface area contributed by atoms with Crippen LogP contribution in [0.25, 0.3) is 0 Å². The number of hydrogen-bond acceptors (Lipinski definition) is 5. The van der Waals surface area contributed by atoms with Crippen LogP contribution in [-0.4, -0.2) is 32.2 Å². The van der Waals surface area contributed by atoms with Crippen LogP contribution in [-0.2, 0) is 14.8 Å². The number of nitriles is 1. The van der Waals surface area contributed by atoms with Gasteiger partial charge in [0.15, 0.2) is 5.69 Å². The Morgan fingerprint density at radius 1 is 1.61 bits per heavy atom. The topological polar surface area (TPSA) is 92.1 Å². The summed E-state index contributed by atoms with van der Waals surface area (Å²) in [6.07, 6.45) is 1.99. The first-order valence-electron chi connectivity index (χ1n) is 5.44. The van der Waals surface area contributed by atoms with Crippen molar-refractivity contribution in [1.82, 2.24) is 9.71 Å². The third-order valence-electron chi connectivity index (χ3n) is 2.77. The van der Waals surface area contributed by atoms with Crippen LogP contribution in [0.1, 0.15) is 19.0 Å². The maximum absolute atomic E-state index is 12.2. The first-order chi connectivity index (χ1) is 8.47. The van der Waals surface area contributed by atoms with Gasteiger partial charge in [0.2, 0.25) is 10.0 Å². The van der Waals surface area contributed by atoms with Gasteiger partial charge in [0.25, 0.3) is 0 Å². The molecule has 1 N–H and O–H groups in total. The number of aromatic nitrogens is 1. The molecule has 1 aliphatic heterocycles. The van der Waals surface area contributed by atoms with Crippen LogP contribution in [0.5, 0.6) is 0 Å². The summed E-state index contributed by atoms with van der Waals surface area (Å²) in [6.45, 7) is 2.63. The standard InChI is InChI=1S/C11H13N3O3S/c1-11(4-6-17-8-11)14-18(15,16)10-3-2-5-13-9(10)7-12/h2-3,5,14H,4,6,8H2,1H3. The van der Waals surface area contributed by atoms with Crippen molar-refractivity contribution in [2.75, 3.05) is 13.2 Å². The SMILES string of the molecule is CC1(NS(=O)(=O)c2cccnc2C#N)CCOC1. The van der Waals surface area contributed by atoms with Crippen molar-refractivity contribution in [3.63, 3.8) is 0 Å². The number of ether oxygens (including phenoxy) is 1. The molecule has 0 aliphatic carbocycles. The molecule has 0 spiro atoms. The number of sulfonamides is 1. The van der Waals surface area contributed by atoms with Gasteiger partial charge in [0, 0.05) is 12.8 Å². The second-order valence-corrected chi connectivity index (χ2v) is 6.08. The third kappa shape index (κ3) is 2.51. The summed E-state index contributed by atoms with van der Waals surface area (Å²) in [5, 5.41) is 8.88. The summed E-state index contributed by atoms with van der Waals surface area (Å²) < 4.78 is 32.2. The maximum atomic E-state index is 12.2. The Hall–Kier alpha value is -1.49. The molecule has 1 saturated heterocycles. The highest BCUT2D eigenvalue weighted by atomic mass is 32.2. The largest absolute Gasteiger partial charge is 0.379 e. The van der Waals surface area contributed by atoms with Gasteiger partial charge in [0.05, 0.1) is 12.1 Å². The molecular weight excluding hydrogens is 254 g/mol. The van der Waals surface area contributed by atoms with Crippen LogP contribution in [0, 0.1) is 11.3 Å². The summed E-state index contributed by atoms with van der Waals surface area (Å²) in [4.78, 5) is 3.65. The van der Waals surface area contributed by atoms with Crippen LogP contribution in [0.4, 0.5) is 0 Å². The van der Waals surface area contributed by atoms with E-state index in [4.69, 9.17) is 10.00 Å². The van der Waals surface area contributed by atoms with Gasteiger partial charge in [-0.15, -0.1) is 0 Å². The van der Waals surface area contributed by atoms with Crippen molar-refractivity contribution in [3.8, 4) is 6.07 Å². The molecule has 0 radical (unpaired) electrons. The molecule has 2 heterocycles. The number of nitrogens with one attached hydrogen (secondary N) is 1. The molecule has 18 heavy (non-hydrogen) atoms. The summed E-state index contributed by atoms with van der Waals surface area (Å²) in [7, 11) is -3.76. The van der Waals surface area contributed by atoms with Gasteiger partial charge < -0.3 is 4.74 Å². The van der Waals surface area contributed by atoms with E-state index < -0.39 is 15.6 Å². The number of nitrogens with zero attached hydrogens (tertiary/aromatic N) is 2. The fourth-order valence-electron chi connectivity index (χ4n) is 1.82. The molecular formula is C11H13N3O3S. The van der Waals surface area contributed by atoms with Gasteiger partial charge in [-0.2, -0.15) is 5.26 Å². The van der Waals surface area contributed by atoms with Gasteiger partial charge >= 0.3 is 0 Å². The second-order valence-electron chi connectivity index (χ2n) is 4.43. The van der Waals surface area contributed by atoms with Gasteiger partial charge in [0.1, 0.15) is 11.0 Å². The maximum Gasteiger partial charge on any atom is 0.244 e. The molecule has 7 heteroatoms. The molecule has 1 unspecified atom stereocenters. The van der Waals surface area contributed by atoms with Gasteiger partial charge in [-0.25, -0.2) is 18.1 Å². The first-order valence-corrected chi connectivity index (χ1v) is 6.92. The van der Waals surface area contributed by atoms with Crippen molar-refractivity contribution >= 4 is 10.0 Å². The van der Waals surface area contributed by atoms with Crippen molar-refractivity contribution in [1.29, 1.82) is 5.26 Å². The van der Waals surface area contributed by atoms with E-state index >= 15 is 0 Å². The Kier molecular flexibility index (Phi) is 3.34. The molecule has 1 aromatic rings. The number of pyridine rings is 1. The molecule has 2 rings (SSSR count). The molecule has 96 valence electrons. The highest BCUT2D eigenvalue weighted by Crippen LogP contribution is 2.22. The van der Waals surface area contributed by atoms with Crippen LogP contribution < -0.4 is 4.72 Å². The molecule has 1 atom stereocenters. The summed E-state index contributed by atoms with van der Waals surface area (Å²) in [6, 6.07) is 4.63. The molecule has 0 bridgehead atoms. The fraction of sp³-hybridized carbons (Fsp3) is 0.455. The summed E-state index contributed by atoms with van der Waals surface area (Å²) in [5.74, 6) is 0. The lowest BCUT2D eigenvalue weighted by molar-refractivity contribution is 0.178. The lowest BCUT2D eigenvalue weighted by Crippen LogP contribution is -2.46. The first kappa shape index (κ1) is 13.0. The van der Waals surface area contributed by atoms with Crippen molar-refractivity contribution in [3.05, 3.63) is 24.0 Å². The Morgan fingerprint density at radius 2 is 2.39 bits per heavy atom. The molecule has 0 amide bonds. The molecule has 1 fully saturated rings. The Morgan fingerprint density at radius 3 is 3.00 bits per heavy atom. The number of rotatable bonds is 3. The quantitative estimate of drug-likeness (QED) is 0.856. The zero-order chi connectivity index (χ0) is 13.2. The van der Waals surface area contributed by atoms with Crippen LogP contribution in [0.15, 0.2) is 23.2 Å². The predicted molar refractivity (Wildman–Crippen MR) is 63.1 cm³/mol. The van der Waals surface area contributed by atoms with Crippen molar-refractivity contribution in [2.24, 2.45) is 0 Å². The Labute approximate surface area is 106 Å². The van der Waals surface area contributed by atoms with E-state index in [1.807, 2.05) is 0 Å². The summed E-state index contributed by atoms with van der Waals surface area (Å²) in [5.41, 5.74) is -0.728. The Bertz CT molecular complexity index is 586. The average molecular weight is 267 g/mol.